The summed E-state index contributed by atoms with van der Waals surface area (Å²) in [6.07, 6.45) is 3.44. The van der Waals surface area contributed by atoms with Gasteiger partial charge >= 0.3 is 0 Å². The number of hydrogen-bond donors (Lipinski definition) is 0. The summed E-state index contributed by atoms with van der Waals surface area (Å²) >= 11 is 0. The number of benzene rings is 4. The molecule has 0 amide bonds. The highest BCUT2D eigenvalue weighted by molar-refractivity contribution is 6.13. The molecule has 0 aliphatic rings. The van der Waals surface area contributed by atoms with Crippen molar-refractivity contribution in [2.45, 2.75) is 0 Å². The van der Waals surface area contributed by atoms with Crippen LogP contribution in [-0.4, -0.2) is 9.55 Å². The Bertz CT molecular complexity index is 1930. The predicted molar refractivity (Wildman–Crippen MR) is 144 cm³/mol. The second-order valence-electron chi connectivity index (χ2n) is 8.65. The number of pyridine rings is 1. The normalized spacial score (nSPS) is 10.6. The van der Waals surface area contributed by atoms with E-state index in [1.54, 1.807) is 18.5 Å². The molecule has 4 aromatic carbocycles. The second-order valence-corrected chi connectivity index (χ2v) is 8.65. The van der Waals surface area contributed by atoms with E-state index in [4.69, 9.17) is 0 Å². The van der Waals surface area contributed by atoms with Gasteiger partial charge in [-0.3, -0.25) is 4.98 Å². The first kappa shape index (κ1) is 21.8. The van der Waals surface area contributed by atoms with Gasteiger partial charge in [-0.2, -0.15) is 15.8 Å². The van der Waals surface area contributed by atoms with Crippen molar-refractivity contribution in [2.24, 2.45) is 0 Å². The van der Waals surface area contributed by atoms with Crippen LogP contribution in [0.5, 0.6) is 0 Å². The molecule has 0 aliphatic heterocycles. The minimum atomic E-state index is 0.437. The fraction of sp³-hybridized carbons (Fsp3) is 0. The van der Waals surface area contributed by atoms with Gasteiger partial charge in [0.05, 0.1) is 45.9 Å². The van der Waals surface area contributed by atoms with Gasteiger partial charge in [0, 0.05) is 40.0 Å². The molecule has 6 aromatic rings. The molecule has 0 saturated heterocycles. The number of para-hydroxylation sites is 2. The average Bonchev–Trinajstić information content (AvgIpc) is 3.31. The van der Waals surface area contributed by atoms with Crippen molar-refractivity contribution in [1.82, 2.24) is 9.55 Å². The zero-order chi connectivity index (χ0) is 25.4. The Labute approximate surface area is 213 Å². The summed E-state index contributed by atoms with van der Waals surface area (Å²) < 4.78 is 2.19. The van der Waals surface area contributed by atoms with E-state index in [1.165, 1.54) is 0 Å². The lowest BCUT2D eigenvalue weighted by molar-refractivity contribution is 1.18. The molecule has 0 aliphatic carbocycles. The largest absolute Gasteiger partial charge is 0.309 e. The first-order valence-electron chi connectivity index (χ1n) is 11.6. The maximum atomic E-state index is 9.81. The van der Waals surface area contributed by atoms with Crippen molar-refractivity contribution in [1.29, 1.82) is 15.8 Å². The predicted octanol–water partition coefficient (Wildman–Crippen LogP) is 7.13. The topological polar surface area (TPSA) is 89.2 Å². The third-order valence-corrected chi connectivity index (χ3v) is 6.57. The summed E-state index contributed by atoms with van der Waals surface area (Å²) in [5.74, 6) is 0. The van der Waals surface area contributed by atoms with Gasteiger partial charge in [0.2, 0.25) is 0 Å². The van der Waals surface area contributed by atoms with Crippen LogP contribution < -0.4 is 0 Å². The lowest BCUT2D eigenvalue weighted by atomic mass is 9.98. The van der Waals surface area contributed by atoms with Crippen molar-refractivity contribution in [2.75, 3.05) is 0 Å². The van der Waals surface area contributed by atoms with Crippen LogP contribution in [0, 0.1) is 34.0 Å². The molecule has 6 rings (SSSR count). The Hall–Kier alpha value is -5.70. The van der Waals surface area contributed by atoms with Gasteiger partial charge in [-0.05, 0) is 65.7 Å². The zero-order valence-electron chi connectivity index (χ0n) is 19.6. The summed E-state index contributed by atoms with van der Waals surface area (Å²) in [7, 11) is 0. The van der Waals surface area contributed by atoms with E-state index in [1.807, 2.05) is 66.7 Å². The molecule has 0 bridgehead atoms. The molecule has 0 unspecified atom stereocenters. The van der Waals surface area contributed by atoms with Crippen molar-refractivity contribution < 1.29 is 0 Å². The van der Waals surface area contributed by atoms with Crippen molar-refractivity contribution in [3.8, 4) is 46.1 Å². The highest BCUT2D eigenvalue weighted by Gasteiger charge is 2.18. The van der Waals surface area contributed by atoms with Crippen molar-refractivity contribution in [3.05, 3.63) is 120 Å². The molecule has 0 saturated carbocycles. The van der Waals surface area contributed by atoms with Crippen LogP contribution in [0.1, 0.15) is 16.7 Å². The molecule has 170 valence electrons. The molecular weight excluding hydrogens is 454 g/mol. The van der Waals surface area contributed by atoms with Crippen LogP contribution in [0.25, 0.3) is 49.7 Å². The van der Waals surface area contributed by atoms with Crippen molar-refractivity contribution >= 4 is 21.8 Å². The molecule has 2 heterocycles. The molecule has 0 spiro atoms. The Balaban J connectivity index is 1.72. The first-order valence-corrected chi connectivity index (χ1v) is 11.6. The molecule has 5 nitrogen and oxygen atoms in total. The summed E-state index contributed by atoms with van der Waals surface area (Å²) in [6, 6.07) is 35.8. The van der Waals surface area contributed by atoms with Crippen LogP contribution in [0.3, 0.4) is 0 Å². The minimum absolute atomic E-state index is 0.437. The Morgan fingerprint density at radius 2 is 1.32 bits per heavy atom. The first-order chi connectivity index (χ1) is 18.2. The number of nitriles is 3. The van der Waals surface area contributed by atoms with E-state index < -0.39 is 0 Å². The lowest BCUT2D eigenvalue weighted by Crippen LogP contribution is -1.98. The van der Waals surface area contributed by atoms with Gasteiger partial charge in [0.15, 0.2) is 0 Å². The summed E-state index contributed by atoms with van der Waals surface area (Å²) in [4.78, 5) is 4.12. The average molecular weight is 472 g/mol. The summed E-state index contributed by atoms with van der Waals surface area (Å²) in [5.41, 5.74) is 7.79. The fourth-order valence-electron chi connectivity index (χ4n) is 4.97. The second kappa shape index (κ2) is 8.82. The molecule has 37 heavy (non-hydrogen) atoms. The molecule has 0 fully saturated rings. The maximum absolute atomic E-state index is 9.81. The van der Waals surface area contributed by atoms with Gasteiger partial charge < -0.3 is 4.57 Å². The summed E-state index contributed by atoms with van der Waals surface area (Å²) in [5, 5.41) is 31.1. The monoisotopic (exact) mass is 471 g/mol. The lowest BCUT2D eigenvalue weighted by Gasteiger charge is -2.14. The maximum Gasteiger partial charge on any atom is 0.0998 e. The van der Waals surface area contributed by atoms with Gasteiger partial charge in [-0.25, -0.2) is 0 Å². The van der Waals surface area contributed by atoms with Crippen LogP contribution in [0.2, 0.25) is 0 Å². The van der Waals surface area contributed by atoms with Gasteiger partial charge in [-0.1, -0.05) is 36.4 Å². The van der Waals surface area contributed by atoms with Crippen LogP contribution in [0.15, 0.2) is 103 Å². The molecule has 0 radical (unpaired) electrons. The molecular formula is C32H17N5. The highest BCUT2D eigenvalue weighted by Crippen LogP contribution is 2.39. The third-order valence-electron chi connectivity index (χ3n) is 6.57. The standard InChI is InChI=1S/C32H17N5/c33-18-21-14-22(19-34)16-25(15-21)27-5-3-6-29-28-4-1-2-7-31(28)37(32(27)29)26-9-8-24(20-35)30(17-26)23-10-12-36-13-11-23/h1-17H. The number of hydrogen-bond acceptors (Lipinski definition) is 4. The number of fused-ring (bicyclic) bond motifs is 3. The minimum Gasteiger partial charge on any atom is -0.309 e. The molecule has 2 aromatic heterocycles. The van der Waals surface area contributed by atoms with Crippen LogP contribution in [-0.2, 0) is 0 Å². The highest BCUT2D eigenvalue weighted by atomic mass is 15.0. The van der Waals surface area contributed by atoms with Crippen LogP contribution in [0.4, 0.5) is 0 Å². The van der Waals surface area contributed by atoms with E-state index in [2.05, 4.69) is 46.0 Å². The SMILES string of the molecule is N#Cc1cc(C#N)cc(-c2cccc3c4ccccc4n(-c4ccc(C#N)c(-c5ccncc5)c4)c23)c1. The number of nitrogens with zero attached hydrogens (tertiary/aromatic N) is 5. The van der Waals surface area contributed by atoms with E-state index in [-0.39, 0.29) is 0 Å². The number of rotatable bonds is 3. The van der Waals surface area contributed by atoms with E-state index >= 15 is 0 Å². The van der Waals surface area contributed by atoms with E-state index in [9.17, 15) is 15.8 Å². The zero-order valence-corrected chi connectivity index (χ0v) is 19.6. The quantitative estimate of drug-likeness (QED) is 0.275. The van der Waals surface area contributed by atoms with E-state index in [0.717, 1.165) is 49.7 Å². The Kier molecular flexibility index (Phi) is 5.20. The van der Waals surface area contributed by atoms with Crippen molar-refractivity contribution in [3.63, 3.8) is 0 Å². The smallest absolute Gasteiger partial charge is 0.0998 e. The molecule has 5 heteroatoms. The Morgan fingerprint density at radius 1 is 0.595 bits per heavy atom. The van der Waals surface area contributed by atoms with Crippen LogP contribution >= 0.6 is 0 Å². The molecule has 0 atom stereocenters. The fourth-order valence-corrected chi connectivity index (χ4v) is 4.97. The third kappa shape index (κ3) is 3.58. The number of aromatic nitrogens is 2. The van der Waals surface area contributed by atoms with Gasteiger partial charge in [-0.15, -0.1) is 0 Å². The Morgan fingerprint density at radius 3 is 2.05 bits per heavy atom. The summed E-state index contributed by atoms with van der Waals surface area (Å²) in [6.45, 7) is 0. The van der Waals surface area contributed by atoms with E-state index in [0.29, 0.717) is 16.7 Å². The molecule has 0 N–H and O–H groups in total. The van der Waals surface area contributed by atoms with Gasteiger partial charge in [0.25, 0.3) is 0 Å². The van der Waals surface area contributed by atoms with Gasteiger partial charge in [0.1, 0.15) is 0 Å².